The molecule has 1 N–H and O–H groups in total. The molecule has 4 nitrogen and oxygen atoms in total. The van der Waals surface area contributed by atoms with Crippen molar-refractivity contribution in [2.75, 3.05) is 24.8 Å². The molecule has 6 heteroatoms. The Morgan fingerprint density at radius 2 is 2.08 bits per heavy atom. The Morgan fingerprint density at radius 3 is 2.42 bits per heavy atom. The van der Waals surface area contributed by atoms with E-state index >= 15 is 0 Å². The van der Waals surface area contributed by atoms with Gasteiger partial charge in [0.05, 0.1) is 11.8 Å². The topological polar surface area (TPSA) is 57.6 Å². The van der Waals surface area contributed by atoms with Crippen molar-refractivity contribution in [1.29, 1.82) is 0 Å². The number of hydrogen-bond acceptors (Lipinski definition) is 3. The fourth-order valence-corrected chi connectivity index (χ4v) is 1.56. The summed E-state index contributed by atoms with van der Waals surface area (Å²) in [5, 5.41) is 0. The van der Waals surface area contributed by atoms with E-state index in [4.69, 9.17) is 16.2 Å². The van der Waals surface area contributed by atoms with E-state index in [0.717, 1.165) is 6.54 Å². The van der Waals surface area contributed by atoms with Crippen molar-refractivity contribution in [2.24, 2.45) is 0 Å². The van der Waals surface area contributed by atoms with Crippen LogP contribution in [0.25, 0.3) is 0 Å². The first-order valence-electron chi connectivity index (χ1n) is 3.73. The molecule has 0 heterocycles. The first kappa shape index (κ1) is 12.2. The van der Waals surface area contributed by atoms with Gasteiger partial charge in [0.1, 0.15) is 0 Å². The number of alkyl halides is 1. The minimum atomic E-state index is -3.81. The molecule has 0 amide bonds. The second kappa shape index (κ2) is 5.75. The molecule has 0 unspecified atom stereocenters. The minimum absolute atomic E-state index is 0.194. The molecule has 0 aromatic carbocycles. The molecule has 0 spiro atoms. The van der Waals surface area contributed by atoms with Crippen LogP contribution in [0.15, 0.2) is 0 Å². The zero-order chi connectivity index (χ0) is 9.61. The summed E-state index contributed by atoms with van der Waals surface area (Å²) in [5.74, 6) is -0.194. The van der Waals surface area contributed by atoms with E-state index in [1.165, 1.54) is 0 Å². The van der Waals surface area contributed by atoms with Crippen molar-refractivity contribution >= 4 is 21.7 Å². The molecule has 0 rings (SSSR count). The second-order valence-corrected chi connectivity index (χ2v) is 4.28. The van der Waals surface area contributed by atoms with Crippen LogP contribution in [0.3, 0.4) is 0 Å². The summed E-state index contributed by atoms with van der Waals surface area (Å²) >= 11 is 5.53. The molecule has 0 atom stereocenters. The molecule has 0 saturated heterocycles. The lowest BCUT2D eigenvalue weighted by Crippen LogP contribution is -2.24. The second-order valence-electron chi connectivity index (χ2n) is 2.47. The Balaban J connectivity index is 3.55. The molecule has 0 aliphatic carbocycles. The number of rotatable bonds is 6. The Morgan fingerprint density at radius 1 is 1.50 bits per heavy atom. The monoisotopic (exact) mass is 215 g/mol. The van der Waals surface area contributed by atoms with Gasteiger partial charge in [-0.3, -0.25) is 9.45 Å². The van der Waals surface area contributed by atoms with Gasteiger partial charge in [0.2, 0.25) is 0 Å². The van der Waals surface area contributed by atoms with Crippen molar-refractivity contribution in [2.45, 2.75) is 13.3 Å². The molecule has 0 saturated carbocycles. The van der Waals surface area contributed by atoms with Crippen LogP contribution in [-0.4, -0.2) is 42.7 Å². The van der Waals surface area contributed by atoms with E-state index in [9.17, 15) is 8.42 Å². The van der Waals surface area contributed by atoms with Crippen LogP contribution in [0.1, 0.15) is 13.3 Å². The van der Waals surface area contributed by atoms with Crippen LogP contribution < -0.4 is 0 Å². The zero-order valence-corrected chi connectivity index (χ0v) is 8.61. The first-order chi connectivity index (χ1) is 5.49. The fraction of sp³-hybridized carbons (Fsp3) is 1.00. The fourth-order valence-electron chi connectivity index (χ4n) is 0.773. The van der Waals surface area contributed by atoms with E-state index in [1.54, 1.807) is 0 Å². The van der Waals surface area contributed by atoms with Gasteiger partial charge in [-0.25, -0.2) is 0 Å². The van der Waals surface area contributed by atoms with Crippen LogP contribution in [-0.2, 0) is 10.1 Å². The maximum absolute atomic E-state index is 10.3. The third-order valence-corrected chi connectivity index (χ3v) is 2.64. The molecule has 0 bridgehead atoms. The van der Waals surface area contributed by atoms with Gasteiger partial charge in [-0.2, -0.15) is 8.42 Å². The Bertz CT molecular complexity index is 201. The summed E-state index contributed by atoms with van der Waals surface area (Å²) in [4.78, 5) is 1.88. The quantitative estimate of drug-likeness (QED) is 0.404. The number of nitrogens with zero attached hydrogens (tertiary/aromatic N) is 1. The molecule has 74 valence electrons. The van der Waals surface area contributed by atoms with E-state index in [-0.39, 0.29) is 5.75 Å². The van der Waals surface area contributed by atoms with Crippen molar-refractivity contribution < 1.29 is 13.0 Å². The SMILES string of the molecule is CCN(CCl)CCCS(=O)(=O)O. The average molecular weight is 216 g/mol. The average Bonchev–Trinajstić information content (AvgIpc) is 1.96. The molecule has 0 radical (unpaired) electrons. The highest BCUT2D eigenvalue weighted by atomic mass is 35.5. The van der Waals surface area contributed by atoms with Gasteiger partial charge >= 0.3 is 0 Å². The lowest BCUT2D eigenvalue weighted by Gasteiger charge is -2.15. The highest BCUT2D eigenvalue weighted by Crippen LogP contribution is 1.95. The Labute approximate surface area is 78.3 Å². The molecule has 0 aliphatic heterocycles. The smallest absolute Gasteiger partial charge is 0.264 e. The van der Waals surface area contributed by atoms with Gasteiger partial charge in [0, 0.05) is 6.54 Å². The van der Waals surface area contributed by atoms with Crippen molar-refractivity contribution in [3.05, 3.63) is 0 Å². The van der Waals surface area contributed by atoms with E-state index in [2.05, 4.69) is 0 Å². The van der Waals surface area contributed by atoms with Gasteiger partial charge in [0.15, 0.2) is 0 Å². The molecule has 0 fully saturated rings. The van der Waals surface area contributed by atoms with Crippen molar-refractivity contribution in [3.63, 3.8) is 0 Å². The number of halogens is 1. The van der Waals surface area contributed by atoms with Crippen molar-refractivity contribution in [3.8, 4) is 0 Å². The largest absolute Gasteiger partial charge is 0.290 e. The highest BCUT2D eigenvalue weighted by molar-refractivity contribution is 7.85. The lowest BCUT2D eigenvalue weighted by atomic mass is 10.4. The maximum Gasteiger partial charge on any atom is 0.264 e. The predicted molar refractivity (Wildman–Crippen MR) is 49.0 cm³/mol. The summed E-state index contributed by atoms with van der Waals surface area (Å²) in [6.07, 6.45) is 0.416. The summed E-state index contributed by atoms with van der Waals surface area (Å²) < 4.78 is 29.0. The van der Waals surface area contributed by atoms with E-state index in [1.807, 2.05) is 11.8 Å². The molecule has 0 aliphatic rings. The van der Waals surface area contributed by atoms with Crippen LogP contribution in [0.2, 0.25) is 0 Å². The van der Waals surface area contributed by atoms with Gasteiger partial charge in [0.25, 0.3) is 10.1 Å². The van der Waals surface area contributed by atoms with Crippen LogP contribution in [0.4, 0.5) is 0 Å². The van der Waals surface area contributed by atoms with Gasteiger partial charge in [-0.1, -0.05) is 6.92 Å². The van der Waals surface area contributed by atoms with Crippen LogP contribution >= 0.6 is 11.6 Å². The number of hydrogen-bond donors (Lipinski definition) is 1. The summed E-state index contributed by atoms with van der Waals surface area (Å²) in [6.45, 7) is 3.32. The first-order valence-corrected chi connectivity index (χ1v) is 5.87. The van der Waals surface area contributed by atoms with Gasteiger partial charge < -0.3 is 0 Å². The predicted octanol–water partition coefficient (Wildman–Crippen LogP) is 0.782. The zero-order valence-electron chi connectivity index (χ0n) is 7.03. The van der Waals surface area contributed by atoms with Gasteiger partial charge in [-0.15, -0.1) is 11.6 Å². The Hall–Kier alpha value is 0.160. The third-order valence-electron chi connectivity index (χ3n) is 1.49. The standard InChI is InChI=1S/C6H14ClNO3S/c1-2-8(6-7)4-3-5-12(9,10)11/h2-6H2,1H3,(H,9,10,11). The molecular formula is C6H14ClNO3S. The van der Waals surface area contributed by atoms with E-state index < -0.39 is 10.1 Å². The molecule has 12 heavy (non-hydrogen) atoms. The molecular weight excluding hydrogens is 202 g/mol. The van der Waals surface area contributed by atoms with Crippen LogP contribution in [0.5, 0.6) is 0 Å². The maximum atomic E-state index is 10.3. The lowest BCUT2D eigenvalue weighted by molar-refractivity contribution is 0.335. The Kier molecular flexibility index (Phi) is 5.82. The summed E-state index contributed by atoms with van der Waals surface area (Å²) in [7, 11) is -3.81. The third kappa shape index (κ3) is 6.84. The molecule has 0 aromatic rings. The molecule has 0 aromatic heterocycles. The summed E-state index contributed by atoms with van der Waals surface area (Å²) in [6, 6.07) is 0.391. The van der Waals surface area contributed by atoms with Crippen molar-refractivity contribution in [1.82, 2.24) is 4.90 Å². The van der Waals surface area contributed by atoms with E-state index in [0.29, 0.717) is 19.0 Å². The minimum Gasteiger partial charge on any atom is -0.290 e. The normalized spacial score (nSPS) is 12.3. The highest BCUT2D eigenvalue weighted by Gasteiger charge is 2.05. The van der Waals surface area contributed by atoms with Crippen LogP contribution in [0, 0.1) is 0 Å². The summed E-state index contributed by atoms with van der Waals surface area (Å²) in [5.41, 5.74) is 0. The van der Waals surface area contributed by atoms with Gasteiger partial charge in [-0.05, 0) is 13.0 Å².